The average Bonchev–Trinajstić information content (AvgIpc) is 3.09. The number of ether oxygens (including phenoxy) is 1. The molecule has 21 heavy (non-hydrogen) atoms. The SMILES string of the molecule is CC(=O)N1CCC(NC2CCCC2C2COCCN2)C1.Cl. The molecule has 2 heterocycles. The van der Waals surface area contributed by atoms with Gasteiger partial charge < -0.3 is 20.3 Å². The van der Waals surface area contributed by atoms with Crippen molar-refractivity contribution in [3.05, 3.63) is 0 Å². The van der Waals surface area contributed by atoms with Crippen molar-refractivity contribution in [2.75, 3.05) is 32.8 Å². The Labute approximate surface area is 133 Å². The number of rotatable bonds is 3. The van der Waals surface area contributed by atoms with Crippen LogP contribution in [-0.2, 0) is 9.53 Å². The van der Waals surface area contributed by atoms with Crippen molar-refractivity contribution in [2.24, 2.45) is 5.92 Å². The molecule has 1 saturated carbocycles. The topological polar surface area (TPSA) is 53.6 Å². The van der Waals surface area contributed by atoms with Crippen LogP contribution in [-0.4, -0.2) is 61.8 Å². The first-order chi connectivity index (χ1) is 9.74. The Hall–Kier alpha value is -0.360. The summed E-state index contributed by atoms with van der Waals surface area (Å²) in [5.41, 5.74) is 0. The molecule has 0 radical (unpaired) electrons. The first kappa shape index (κ1) is 17.0. The maximum atomic E-state index is 11.4. The summed E-state index contributed by atoms with van der Waals surface area (Å²) in [5, 5.41) is 7.43. The highest BCUT2D eigenvalue weighted by molar-refractivity contribution is 5.85. The fourth-order valence-corrected chi connectivity index (χ4v) is 4.02. The summed E-state index contributed by atoms with van der Waals surface area (Å²) < 4.78 is 5.62. The molecule has 2 saturated heterocycles. The Kier molecular flexibility index (Phi) is 6.29. The van der Waals surface area contributed by atoms with Crippen LogP contribution in [0, 0.1) is 5.92 Å². The van der Waals surface area contributed by atoms with E-state index in [9.17, 15) is 4.79 Å². The third-order valence-corrected chi connectivity index (χ3v) is 5.12. The summed E-state index contributed by atoms with van der Waals surface area (Å²) in [5.74, 6) is 0.890. The van der Waals surface area contributed by atoms with Gasteiger partial charge in [0.25, 0.3) is 0 Å². The van der Waals surface area contributed by atoms with Crippen molar-refractivity contribution in [3.63, 3.8) is 0 Å². The van der Waals surface area contributed by atoms with E-state index >= 15 is 0 Å². The van der Waals surface area contributed by atoms with E-state index in [2.05, 4.69) is 10.6 Å². The Morgan fingerprint density at radius 2 is 2.19 bits per heavy atom. The Morgan fingerprint density at radius 1 is 1.33 bits per heavy atom. The van der Waals surface area contributed by atoms with Crippen LogP contribution in [0.15, 0.2) is 0 Å². The molecule has 0 aromatic heterocycles. The summed E-state index contributed by atoms with van der Waals surface area (Å²) in [6.45, 7) is 6.15. The van der Waals surface area contributed by atoms with Gasteiger partial charge in [0, 0.05) is 44.7 Å². The van der Waals surface area contributed by atoms with E-state index in [1.165, 1.54) is 19.3 Å². The van der Waals surface area contributed by atoms with Crippen LogP contribution in [0.25, 0.3) is 0 Å². The van der Waals surface area contributed by atoms with Crippen LogP contribution >= 0.6 is 12.4 Å². The van der Waals surface area contributed by atoms with Gasteiger partial charge in [0.05, 0.1) is 13.2 Å². The second-order valence-corrected chi connectivity index (χ2v) is 6.45. The third kappa shape index (κ3) is 4.09. The van der Waals surface area contributed by atoms with Crippen LogP contribution in [0.2, 0.25) is 0 Å². The van der Waals surface area contributed by atoms with Crippen LogP contribution < -0.4 is 10.6 Å². The standard InChI is InChI=1S/C15H27N3O2.ClH/c1-11(19)18-7-5-12(9-18)17-14-4-2-3-13(14)15-10-20-8-6-16-15;/h12-17H,2-10H2,1H3;1H. The van der Waals surface area contributed by atoms with E-state index in [0.29, 0.717) is 24.0 Å². The molecular weight excluding hydrogens is 290 g/mol. The van der Waals surface area contributed by atoms with Gasteiger partial charge in [-0.05, 0) is 25.2 Å². The monoisotopic (exact) mass is 317 g/mol. The van der Waals surface area contributed by atoms with Crippen molar-refractivity contribution in [1.29, 1.82) is 0 Å². The van der Waals surface area contributed by atoms with Gasteiger partial charge in [-0.3, -0.25) is 4.79 Å². The molecular formula is C15H28ClN3O2. The van der Waals surface area contributed by atoms with Crippen molar-refractivity contribution in [1.82, 2.24) is 15.5 Å². The van der Waals surface area contributed by atoms with Crippen molar-refractivity contribution < 1.29 is 9.53 Å². The zero-order chi connectivity index (χ0) is 13.9. The molecule has 4 atom stereocenters. The summed E-state index contributed by atoms with van der Waals surface area (Å²) >= 11 is 0. The molecule has 4 unspecified atom stereocenters. The van der Waals surface area contributed by atoms with Crippen LogP contribution in [0.4, 0.5) is 0 Å². The maximum Gasteiger partial charge on any atom is 0.219 e. The van der Waals surface area contributed by atoms with Gasteiger partial charge in [0.15, 0.2) is 0 Å². The van der Waals surface area contributed by atoms with Gasteiger partial charge in [-0.15, -0.1) is 12.4 Å². The molecule has 5 nitrogen and oxygen atoms in total. The quantitative estimate of drug-likeness (QED) is 0.807. The number of likely N-dealkylation sites (tertiary alicyclic amines) is 1. The van der Waals surface area contributed by atoms with Gasteiger partial charge in [0.1, 0.15) is 0 Å². The van der Waals surface area contributed by atoms with Crippen molar-refractivity contribution >= 4 is 18.3 Å². The molecule has 3 rings (SSSR count). The van der Waals surface area contributed by atoms with E-state index < -0.39 is 0 Å². The minimum absolute atomic E-state index is 0. The number of nitrogens with one attached hydrogen (secondary N) is 2. The zero-order valence-corrected chi connectivity index (χ0v) is 13.7. The van der Waals surface area contributed by atoms with E-state index in [-0.39, 0.29) is 18.3 Å². The van der Waals surface area contributed by atoms with Crippen LogP contribution in [0.3, 0.4) is 0 Å². The van der Waals surface area contributed by atoms with E-state index in [1.54, 1.807) is 6.92 Å². The molecule has 0 bridgehead atoms. The molecule has 2 aliphatic heterocycles. The predicted molar refractivity (Wildman–Crippen MR) is 84.8 cm³/mol. The Balaban J connectivity index is 0.00000161. The average molecular weight is 318 g/mol. The lowest BCUT2D eigenvalue weighted by Crippen LogP contribution is -2.52. The molecule has 6 heteroatoms. The molecule has 0 spiro atoms. The molecule has 3 fully saturated rings. The summed E-state index contributed by atoms with van der Waals surface area (Å²) in [6.07, 6.45) is 4.96. The van der Waals surface area contributed by atoms with E-state index in [1.807, 2.05) is 4.90 Å². The minimum Gasteiger partial charge on any atom is -0.379 e. The molecule has 0 aromatic rings. The molecule has 1 amide bonds. The summed E-state index contributed by atoms with van der Waals surface area (Å²) in [4.78, 5) is 13.4. The molecule has 122 valence electrons. The lowest BCUT2D eigenvalue weighted by atomic mass is 9.93. The third-order valence-electron chi connectivity index (χ3n) is 5.12. The number of carbonyl (C=O) groups is 1. The molecule has 2 N–H and O–H groups in total. The number of halogens is 1. The highest BCUT2D eigenvalue weighted by Crippen LogP contribution is 2.30. The number of nitrogens with zero attached hydrogens (tertiary/aromatic N) is 1. The minimum atomic E-state index is 0. The second-order valence-electron chi connectivity index (χ2n) is 6.45. The smallest absolute Gasteiger partial charge is 0.219 e. The van der Waals surface area contributed by atoms with Gasteiger partial charge in [-0.2, -0.15) is 0 Å². The number of carbonyl (C=O) groups excluding carboxylic acids is 1. The van der Waals surface area contributed by atoms with Crippen LogP contribution in [0.1, 0.15) is 32.6 Å². The predicted octanol–water partition coefficient (Wildman–Crippen LogP) is 0.776. The second kappa shape index (κ2) is 7.77. The Morgan fingerprint density at radius 3 is 2.86 bits per heavy atom. The van der Waals surface area contributed by atoms with Crippen LogP contribution in [0.5, 0.6) is 0 Å². The van der Waals surface area contributed by atoms with E-state index in [0.717, 1.165) is 39.3 Å². The largest absolute Gasteiger partial charge is 0.379 e. The van der Waals surface area contributed by atoms with Gasteiger partial charge in [-0.25, -0.2) is 0 Å². The fraction of sp³-hybridized carbons (Fsp3) is 0.933. The zero-order valence-electron chi connectivity index (χ0n) is 12.8. The van der Waals surface area contributed by atoms with E-state index in [4.69, 9.17) is 4.74 Å². The normalized spacial score (nSPS) is 36.5. The number of hydrogen-bond donors (Lipinski definition) is 2. The molecule has 0 aromatic carbocycles. The van der Waals surface area contributed by atoms with Gasteiger partial charge in [-0.1, -0.05) is 6.42 Å². The maximum absolute atomic E-state index is 11.4. The lowest BCUT2D eigenvalue weighted by molar-refractivity contribution is -0.127. The summed E-state index contributed by atoms with van der Waals surface area (Å²) in [7, 11) is 0. The lowest BCUT2D eigenvalue weighted by Gasteiger charge is -2.34. The highest BCUT2D eigenvalue weighted by atomic mass is 35.5. The highest BCUT2D eigenvalue weighted by Gasteiger charge is 2.36. The van der Waals surface area contributed by atoms with Gasteiger partial charge >= 0.3 is 0 Å². The Bertz CT molecular complexity index is 350. The van der Waals surface area contributed by atoms with Crippen molar-refractivity contribution in [3.8, 4) is 0 Å². The molecule has 1 aliphatic carbocycles. The number of morpholine rings is 1. The number of hydrogen-bond acceptors (Lipinski definition) is 4. The van der Waals surface area contributed by atoms with Gasteiger partial charge in [0.2, 0.25) is 5.91 Å². The van der Waals surface area contributed by atoms with Crippen molar-refractivity contribution in [2.45, 2.75) is 50.7 Å². The summed E-state index contributed by atoms with van der Waals surface area (Å²) in [6, 6.07) is 1.58. The number of amides is 1. The first-order valence-corrected chi connectivity index (χ1v) is 8.07. The fourth-order valence-electron chi connectivity index (χ4n) is 4.02. The molecule has 3 aliphatic rings. The first-order valence-electron chi connectivity index (χ1n) is 8.07.